The van der Waals surface area contributed by atoms with Gasteiger partial charge in [-0.1, -0.05) is 20.8 Å². The molecular formula is C13H27O6PSi. The van der Waals surface area contributed by atoms with Crippen LogP contribution in [0.25, 0.3) is 0 Å². The fraction of sp³-hybridized carbons (Fsp3) is 0.769. The van der Waals surface area contributed by atoms with E-state index in [0.717, 1.165) is 0 Å². The molecule has 0 unspecified atom stereocenters. The third-order valence-electron chi connectivity index (χ3n) is 3.59. The Kier molecular flexibility index (Phi) is 7.36. The van der Waals surface area contributed by atoms with Crippen molar-refractivity contribution in [2.24, 2.45) is 0 Å². The number of esters is 1. The maximum atomic E-state index is 12.6. The van der Waals surface area contributed by atoms with Crippen LogP contribution in [0, 0.1) is 0 Å². The second-order valence-electron chi connectivity index (χ2n) is 6.05. The van der Waals surface area contributed by atoms with Crippen LogP contribution in [0.4, 0.5) is 0 Å². The molecule has 0 bridgehead atoms. The van der Waals surface area contributed by atoms with Crippen molar-refractivity contribution >= 4 is 21.9 Å². The molecule has 0 radical (unpaired) electrons. The van der Waals surface area contributed by atoms with Gasteiger partial charge in [-0.15, -0.1) is 0 Å². The summed E-state index contributed by atoms with van der Waals surface area (Å²) in [5.74, 6) is -0.454. The van der Waals surface area contributed by atoms with Crippen LogP contribution < -0.4 is 0 Å². The maximum absolute atomic E-state index is 12.6. The van der Waals surface area contributed by atoms with Crippen molar-refractivity contribution in [3.05, 3.63) is 11.6 Å². The molecule has 0 N–H and O–H groups in total. The van der Waals surface area contributed by atoms with E-state index in [1.807, 2.05) is 13.1 Å². The Morgan fingerprint density at radius 3 is 1.95 bits per heavy atom. The van der Waals surface area contributed by atoms with Gasteiger partial charge in [0, 0.05) is 14.2 Å². The molecule has 0 aromatic heterocycles. The lowest BCUT2D eigenvalue weighted by Crippen LogP contribution is -2.40. The van der Waals surface area contributed by atoms with Crippen LogP contribution in [0.2, 0.25) is 18.1 Å². The maximum Gasteiger partial charge on any atom is 0.393 e. The molecule has 8 heteroatoms. The topological polar surface area (TPSA) is 71.1 Å². The van der Waals surface area contributed by atoms with E-state index >= 15 is 0 Å². The molecule has 6 nitrogen and oxygen atoms in total. The highest BCUT2D eigenvalue weighted by atomic mass is 31.2. The largest absolute Gasteiger partial charge is 0.538 e. The second kappa shape index (κ2) is 7.58. The molecule has 0 aromatic rings. The van der Waals surface area contributed by atoms with Crippen molar-refractivity contribution < 1.29 is 27.6 Å². The number of ether oxygens (including phenoxy) is 1. The van der Waals surface area contributed by atoms with Crippen LogP contribution in [0.1, 0.15) is 27.2 Å². The van der Waals surface area contributed by atoms with E-state index in [1.165, 1.54) is 27.4 Å². The van der Waals surface area contributed by atoms with Crippen molar-refractivity contribution in [2.45, 2.75) is 45.3 Å². The summed E-state index contributed by atoms with van der Waals surface area (Å²) in [6.45, 7) is 10.2. The highest BCUT2D eigenvalue weighted by Crippen LogP contribution is 2.57. The van der Waals surface area contributed by atoms with E-state index in [0.29, 0.717) is 0 Å². The Hall–Kier alpha value is -0.623. The number of hydrogen-bond acceptors (Lipinski definition) is 6. The monoisotopic (exact) mass is 338 g/mol. The molecular weight excluding hydrogens is 311 g/mol. The van der Waals surface area contributed by atoms with Gasteiger partial charge in [-0.2, -0.15) is 0 Å². The highest BCUT2D eigenvalue weighted by molar-refractivity contribution is 7.58. The average molecular weight is 338 g/mol. The SMILES string of the molecule is COC(=O)C/C=C(/O[Si](C)(C)C(C)(C)C)P(=O)(OC)OC. The zero-order chi connectivity index (χ0) is 16.9. The summed E-state index contributed by atoms with van der Waals surface area (Å²) < 4.78 is 33.2. The Morgan fingerprint density at radius 2 is 1.62 bits per heavy atom. The minimum atomic E-state index is -3.56. The molecule has 0 spiro atoms. The van der Waals surface area contributed by atoms with Gasteiger partial charge in [0.1, 0.15) is 0 Å². The van der Waals surface area contributed by atoms with E-state index in [4.69, 9.17) is 13.5 Å². The molecule has 0 saturated heterocycles. The van der Waals surface area contributed by atoms with Crippen molar-refractivity contribution in [2.75, 3.05) is 21.3 Å². The first-order valence-electron chi connectivity index (χ1n) is 6.61. The Bertz CT molecular complexity index is 430. The number of methoxy groups -OCH3 is 1. The van der Waals surface area contributed by atoms with Crippen molar-refractivity contribution in [1.29, 1.82) is 0 Å². The lowest BCUT2D eigenvalue weighted by Gasteiger charge is -2.38. The molecule has 0 saturated carbocycles. The number of carbonyl (C=O) groups is 1. The van der Waals surface area contributed by atoms with Gasteiger partial charge < -0.3 is 18.2 Å². The summed E-state index contributed by atoms with van der Waals surface area (Å²) in [6, 6.07) is 0. The summed E-state index contributed by atoms with van der Waals surface area (Å²) in [6.07, 6.45) is 1.36. The lowest BCUT2D eigenvalue weighted by molar-refractivity contribution is -0.139. The van der Waals surface area contributed by atoms with Gasteiger partial charge >= 0.3 is 13.6 Å². The molecule has 124 valence electrons. The molecule has 0 heterocycles. The molecule has 0 aliphatic rings. The van der Waals surface area contributed by atoms with Gasteiger partial charge in [0.25, 0.3) is 8.32 Å². The minimum absolute atomic E-state index is 0.0584. The molecule has 0 fully saturated rings. The van der Waals surface area contributed by atoms with E-state index in [1.54, 1.807) is 0 Å². The first-order chi connectivity index (χ1) is 9.43. The second-order valence-corrected chi connectivity index (χ2v) is 12.9. The third-order valence-corrected chi connectivity index (χ3v) is 9.88. The van der Waals surface area contributed by atoms with Gasteiger partial charge in [-0.3, -0.25) is 9.36 Å². The molecule has 0 aliphatic carbocycles. The van der Waals surface area contributed by atoms with Crippen LogP contribution in [0.3, 0.4) is 0 Å². The Morgan fingerprint density at radius 1 is 1.14 bits per heavy atom. The first kappa shape index (κ1) is 20.4. The number of carbonyl (C=O) groups excluding carboxylic acids is 1. The number of hydrogen-bond donors (Lipinski definition) is 0. The van der Waals surface area contributed by atoms with Crippen molar-refractivity contribution in [1.82, 2.24) is 0 Å². The standard InChI is InChI=1S/C13H27O6PSi/c1-13(2,3)21(7,8)19-12(10-9-11(14)16-4)20(15,17-5)18-6/h10H,9H2,1-8H3/b12-10-. The van der Waals surface area contributed by atoms with E-state index < -0.39 is 21.9 Å². The fourth-order valence-electron chi connectivity index (χ4n) is 1.13. The highest BCUT2D eigenvalue weighted by Gasteiger charge is 2.43. The van der Waals surface area contributed by atoms with Crippen LogP contribution >= 0.6 is 7.60 Å². The van der Waals surface area contributed by atoms with Crippen molar-refractivity contribution in [3.63, 3.8) is 0 Å². The quantitative estimate of drug-likeness (QED) is 0.303. The molecule has 0 aliphatic heterocycles. The zero-order valence-electron chi connectivity index (χ0n) is 14.2. The molecule has 0 atom stereocenters. The van der Waals surface area contributed by atoms with Crippen molar-refractivity contribution in [3.8, 4) is 0 Å². The smallest absolute Gasteiger partial charge is 0.393 e. The van der Waals surface area contributed by atoms with Crippen LogP contribution in [0.15, 0.2) is 11.6 Å². The summed E-state index contributed by atoms with van der Waals surface area (Å²) in [4.78, 5) is 11.3. The van der Waals surface area contributed by atoms with Crippen LogP contribution in [0.5, 0.6) is 0 Å². The number of rotatable bonds is 7. The molecule has 21 heavy (non-hydrogen) atoms. The van der Waals surface area contributed by atoms with Gasteiger partial charge in [0.05, 0.1) is 13.5 Å². The van der Waals surface area contributed by atoms with E-state index in [9.17, 15) is 9.36 Å². The fourth-order valence-corrected chi connectivity index (χ4v) is 4.00. The molecule has 0 amide bonds. The average Bonchev–Trinajstić information content (AvgIpc) is 2.40. The Balaban J connectivity index is 5.54. The van der Waals surface area contributed by atoms with E-state index in [-0.39, 0.29) is 17.0 Å². The summed E-state index contributed by atoms with van der Waals surface area (Å²) in [5, 5.41) is -0.0936. The summed E-state index contributed by atoms with van der Waals surface area (Å²) >= 11 is 0. The first-order valence-corrected chi connectivity index (χ1v) is 11.1. The van der Waals surface area contributed by atoms with E-state index in [2.05, 4.69) is 25.5 Å². The van der Waals surface area contributed by atoms with Crippen LogP contribution in [-0.2, 0) is 27.6 Å². The van der Waals surface area contributed by atoms with Gasteiger partial charge in [0.15, 0.2) is 5.50 Å². The van der Waals surface area contributed by atoms with Gasteiger partial charge in [-0.05, 0) is 24.2 Å². The molecule has 0 aromatic carbocycles. The normalized spacial score (nSPS) is 14.0. The Labute approximate surface area is 128 Å². The zero-order valence-corrected chi connectivity index (χ0v) is 16.1. The van der Waals surface area contributed by atoms with Crippen LogP contribution in [-0.4, -0.2) is 35.6 Å². The minimum Gasteiger partial charge on any atom is -0.538 e. The predicted octanol–water partition coefficient (Wildman–Crippen LogP) is 3.90. The lowest BCUT2D eigenvalue weighted by atomic mass is 10.2. The predicted molar refractivity (Wildman–Crippen MR) is 84.6 cm³/mol. The van der Waals surface area contributed by atoms with Gasteiger partial charge in [0.2, 0.25) is 0 Å². The summed E-state index contributed by atoms with van der Waals surface area (Å²) in [7, 11) is -1.95. The molecule has 0 rings (SSSR count). The third kappa shape index (κ3) is 5.58. The summed E-state index contributed by atoms with van der Waals surface area (Å²) in [5.41, 5.74) is 0.0736. The van der Waals surface area contributed by atoms with Gasteiger partial charge in [-0.25, -0.2) is 0 Å².